The van der Waals surface area contributed by atoms with Crippen molar-refractivity contribution in [1.82, 2.24) is 5.43 Å². The van der Waals surface area contributed by atoms with E-state index in [0.717, 1.165) is 11.3 Å². The number of hydrogen-bond donors (Lipinski definition) is 2. The van der Waals surface area contributed by atoms with E-state index in [-0.39, 0.29) is 6.04 Å². The van der Waals surface area contributed by atoms with Crippen molar-refractivity contribution in [1.29, 1.82) is 0 Å². The van der Waals surface area contributed by atoms with Crippen molar-refractivity contribution < 1.29 is 14.2 Å². The fraction of sp³-hybridized carbons (Fsp3) is 0.500. The predicted octanol–water partition coefficient (Wildman–Crippen LogP) is 0.688. The van der Waals surface area contributed by atoms with E-state index in [4.69, 9.17) is 20.1 Å². The number of benzene rings is 1. The molecule has 1 aromatic carbocycles. The zero-order valence-electron chi connectivity index (χ0n) is 10.5. The Hall–Kier alpha value is -1.14. The van der Waals surface area contributed by atoms with Crippen LogP contribution < -0.4 is 16.0 Å². The summed E-state index contributed by atoms with van der Waals surface area (Å²) in [7, 11) is 4.81. The fourth-order valence-electron chi connectivity index (χ4n) is 1.77. The summed E-state index contributed by atoms with van der Waals surface area (Å²) >= 11 is 0. The van der Waals surface area contributed by atoms with Gasteiger partial charge in [-0.1, -0.05) is 18.2 Å². The van der Waals surface area contributed by atoms with Gasteiger partial charge in [0.25, 0.3) is 0 Å². The zero-order chi connectivity index (χ0) is 12.7. The normalized spacial score (nSPS) is 12.8. The number of ether oxygens (including phenoxy) is 3. The van der Waals surface area contributed by atoms with Crippen LogP contribution in [0.1, 0.15) is 5.56 Å². The Labute approximate surface area is 102 Å². The molecule has 1 atom stereocenters. The molecule has 1 unspecified atom stereocenters. The minimum absolute atomic E-state index is 0.138. The van der Waals surface area contributed by atoms with Crippen LogP contribution in [0.2, 0.25) is 0 Å². The first kappa shape index (κ1) is 13.9. The predicted molar refractivity (Wildman–Crippen MR) is 65.6 cm³/mol. The van der Waals surface area contributed by atoms with E-state index >= 15 is 0 Å². The van der Waals surface area contributed by atoms with Gasteiger partial charge in [0.1, 0.15) is 5.75 Å². The van der Waals surface area contributed by atoms with Crippen LogP contribution in [0, 0.1) is 0 Å². The van der Waals surface area contributed by atoms with Gasteiger partial charge in [-0.3, -0.25) is 11.3 Å². The Morgan fingerprint density at radius 3 is 2.35 bits per heavy atom. The van der Waals surface area contributed by atoms with Gasteiger partial charge in [-0.2, -0.15) is 0 Å². The maximum absolute atomic E-state index is 5.51. The number of hydrogen-bond acceptors (Lipinski definition) is 5. The highest BCUT2D eigenvalue weighted by Gasteiger charge is 2.21. The first-order valence-corrected chi connectivity index (χ1v) is 5.40. The number of rotatable bonds is 7. The summed E-state index contributed by atoms with van der Waals surface area (Å²) in [6.07, 6.45) is 0.261. The third-order valence-corrected chi connectivity index (χ3v) is 2.64. The van der Waals surface area contributed by atoms with E-state index < -0.39 is 6.29 Å². The summed E-state index contributed by atoms with van der Waals surface area (Å²) in [5.41, 5.74) is 3.75. The lowest BCUT2D eigenvalue weighted by molar-refractivity contribution is -0.122. The Balaban J connectivity index is 2.79. The second-order valence-corrected chi connectivity index (χ2v) is 3.63. The van der Waals surface area contributed by atoms with E-state index in [0.29, 0.717) is 6.42 Å². The van der Waals surface area contributed by atoms with E-state index in [9.17, 15) is 0 Å². The molecule has 0 fully saturated rings. The van der Waals surface area contributed by atoms with Gasteiger partial charge in [-0.15, -0.1) is 0 Å². The second kappa shape index (κ2) is 7.24. The minimum atomic E-state index is -0.398. The van der Waals surface area contributed by atoms with Crippen molar-refractivity contribution in [2.75, 3.05) is 21.3 Å². The maximum atomic E-state index is 5.51. The molecule has 0 aromatic heterocycles. The molecular formula is C12H20N2O3. The third-order valence-electron chi connectivity index (χ3n) is 2.64. The highest BCUT2D eigenvalue weighted by atomic mass is 16.7. The van der Waals surface area contributed by atoms with Crippen molar-refractivity contribution >= 4 is 0 Å². The molecule has 0 aliphatic carbocycles. The van der Waals surface area contributed by atoms with Crippen LogP contribution in [0.25, 0.3) is 0 Å². The molecule has 0 heterocycles. The average Bonchev–Trinajstić information content (AvgIpc) is 2.39. The number of para-hydroxylation sites is 1. The molecule has 0 saturated carbocycles. The molecule has 0 spiro atoms. The summed E-state index contributed by atoms with van der Waals surface area (Å²) in [4.78, 5) is 0. The average molecular weight is 240 g/mol. The minimum Gasteiger partial charge on any atom is -0.496 e. The number of nitrogens with two attached hydrogens (primary N) is 1. The molecular weight excluding hydrogens is 220 g/mol. The molecule has 17 heavy (non-hydrogen) atoms. The fourth-order valence-corrected chi connectivity index (χ4v) is 1.77. The molecule has 0 aliphatic heterocycles. The van der Waals surface area contributed by atoms with Gasteiger partial charge in [0, 0.05) is 14.2 Å². The molecule has 1 rings (SSSR count). The van der Waals surface area contributed by atoms with Crippen LogP contribution in [0.4, 0.5) is 0 Å². The summed E-state index contributed by atoms with van der Waals surface area (Å²) < 4.78 is 15.7. The Morgan fingerprint density at radius 1 is 1.18 bits per heavy atom. The van der Waals surface area contributed by atoms with Gasteiger partial charge >= 0.3 is 0 Å². The highest BCUT2D eigenvalue weighted by molar-refractivity contribution is 5.33. The Bertz CT molecular complexity index is 329. The monoisotopic (exact) mass is 240 g/mol. The van der Waals surface area contributed by atoms with Crippen LogP contribution in [0.3, 0.4) is 0 Å². The molecule has 1 aromatic rings. The summed E-state index contributed by atoms with van der Waals surface area (Å²) in [5, 5.41) is 0. The number of nitrogens with one attached hydrogen (secondary N) is 1. The Morgan fingerprint density at radius 2 is 1.82 bits per heavy atom. The van der Waals surface area contributed by atoms with Crippen LogP contribution in [-0.4, -0.2) is 33.7 Å². The molecule has 5 nitrogen and oxygen atoms in total. The smallest absolute Gasteiger partial charge is 0.173 e. The van der Waals surface area contributed by atoms with E-state index in [2.05, 4.69) is 5.43 Å². The van der Waals surface area contributed by atoms with Crippen LogP contribution in [0.15, 0.2) is 24.3 Å². The van der Waals surface area contributed by atoms with Gasteiger partial charge < -0.3 is 14.2 Å². The first-order chi connectivity index (χ1) is 8.26. The van der Waals surface area contributed by atoms with Gasteiger partial charge in [0.2, 0.25) is 0 Å². The molecule has 0 saturated heterocycles. The largest absolute Gasteiger partial charge is 0.496 e. The number of methoxy groups -OCH3 is 3. The molecule has 0 bridgehead atoms. The second-order valence-electron chi connectivity index (χ2n) is 3.63. The Kier molecular flexibility index (Phi) is 5.93. The van der Waals surface area contributed by atoms with E-state index in [1.165, 1.54) is 0 Å². The first-order valence-electron chi connectivity index (χ1n) is 5.40. The molecule has 0 aliphatic rings. The quantitative estimate of drug-likeness (QED) is 0.417. The van der Waals surface area contributed by atoms with E-state index in [1.54, 1.807) is 21.3 Å². The van der Waals surface area contributed by atoms with Gasteiger partial charge in [0.05, 0.1) is 13.2 Å². The van der Waals surface area contributed by atoms with Crippen LogP contribution >= 0.6 is 0 Å². The van der Waals surface area contributed by atoms with Crippen molar-refractivity contribution in [2.45, 2.75) is 18.8 Å². The van der Waals surface area contributed by atoms with Gasteiger partial charge in [0.15, 0.2) is 6.29 Å². The van der Waals surface area contributed by atoms with E-state index in [1.807, 2.05) is 24.3 Å². The van der Waals surface area contributed by atoms with Crippen molar-refractivity contribution in [2.24, 2.45) is 5.84 Å². The lowest BCUT2D eigenvalue weighted by atomic mass is 10.0. The molecule has 5 heteroatoms. The molecule has 0 radical (unpaired) electrons. The van der Waals surface area contributed by atoms with Gasteiger partial charge in [-0.25, -0.2) is 0 Å². The lowest BCUT2D eigenvalue weighted by Crippen LogP contribution is -2.47. The topological polar surface area (TPSA) is 65.7 Å². The number of hydrazine groups is 1. The highest BCUT2D eigenvalue weighted by Crippen LogP contribution is 2.20. The standard InChI is InChI=1S/C12H20N2O3/c1-15-11-7-5-4-6-9(11)8-10(14-13)12(16-2)17-3/h4-7,10,12,14H,8,13H2,1-3H3. The van der Waals surface area contributed by atoms with Gasteiger partial charge in [-0.05, 0) is 18.1 Å². The SMILES string of the molecule is COc1ccccc1CC(NN)C(OC)OC. The van der Waals surface area contributed by atoms with Crippen LogP contribution in [0.5, 0.6) is 5.75 Å². The lowest BCUT2D eigenvalue weighted by Gasteiger charge is -2.24. The summed E-state index contributed by atoms with van der Waals surface area (Å²) in [6, 6.07) is 7.65. The summed E-state index contributed by atoms with van der Waals surface area (Å²) in [6.45, 7) is 0. The van der Waals surface area contributed by atoms with Crippen molar-refractivity contribution in [3.05, 3.63) is 29.8 Å². The van der Waals surface area contributed by atoms with Crippen LogP contribution in [-0.2, 0) is 15.9 Å². The summed E-state index contributed by atoms with van der Waals surface area (Å²) in [5.74, 6) is 6.35. The van der Waals surface area contributed by atoms with Crippen molar-refractivity contribution in [3.63, 3.8) is 0 Å². The molecule has 3 N–H and O–H groups in total. The molecule has 96 valence electrons. The van der Waals surface area contributed by atoms with Crippen molar-refractivity contribution in [3.8, 4) is 5.75 Å². The molecule has 0 amide bonds. The maximum Gasteiger partial charge on any atom is 0.173 e. The zero-order valence-corrected chi connectivity index (χ0v) is 10.5. The third kappa shape index (κ3) is 3.67.